The Morgan fingerprint density at radius 1 is 1.48 bits per heavy atom. The molecule has 2 heterocycles. The van der Waals surface area contributed by atoms with Gasteiger partial charge in [0.05, 0.1) is 18.1 Å². The molecule has 2 amide bonds. The first-order valence-corrected chi connectivity index (χ1v) is 8.42. The lowest BCUT2D eigenvalue weighted by Gasteiger charge is -2.23. The van der Waals surface area contributed by atoms with E-state index in [1.165, 1.54) is 0 Å². The fourth-order valence-electron chi connectivity index (χ4n) is 2.18. The highest BCUT2D eigenvalue weighted by Gasteiger charge is 2.33. The number of carbonyl (C=O) groups is 2. The molecule has 0 saturated carbocycles. The number of pyridine rings is 1. The van der Waals surface area contributed by atoms with Gasteiger partial charge in [-0.25, -0.2) is 0 Å². The SMILES string of the molecule is CCCCC(=O)N1CSCC1C(=O)NCc1ccccn1. The van der Waals surface area contributed by atoms with Crippen LogP contribution in [0.5, 0.6) is 0 Å². The average Bonchev–Trinajstić information content (AvgIpc) is 3.01. The predicted molar refractivity (Wildman–Crippen MR) is 83.6 cm³/mol. The van der Waals surface area contributed by atoms with Crippen LogP contribution in [-0.4, -0.2) is 39.4 Å². The molecule has 0 radical (unpaired) electrons. The van der Waals surface area contributed by atoms with E-state index in [1.807, 2.05) is 18.2 Å². The first-order valence-electron chi connectivity index (χ1n) is 7.27. The summed E-state index contributed by atoms with van der Waals surface area (Å²) in [5, 5.41) is 2.87. The van der Waals surface area contributed by atoms with Crippen LogP contribution in [-0.2, 0) is 16.1 Å². The van der Waals surface area contributed by atoms with Gasteiger partial charge in [0.15, 0.2) is 0 Å². The fourth-order valence-corrected chi connectivity index (χ4v) is 3.36. The molecule has 1 aliphatic heterocycles. The van der Waals surface area contributed by atoms with E-state index in [1.54, 1.807) is 22.9 Å². The van der Waals surface area contributed by atoms with Gasteiger partial charge >= 0.3 is 0 Å². The van der Waals surface area contributed by atoms with Crippen LogP contribution >= 0.6 is 11.8 Å². The molecule has 2 rings (SSSR count). The van der Waals surface area contributed by atoms with Gasteiger partial charge in [-0.15, -0.1) is 11.8 Å². The Morgan fingerprint density at radius 2 is 2.33 bits per heavy atom. The Labute approximate surface area is 129 Å². The van der Waals surface area contributed by atoms with Gasteiger partial charge in [-0.05, 0) is 18.6 Å². The number of nitrogens with one attached hydrogen (secondary N) is 1. The van der Waals surface area contributed by atoms with Crippen LogP contribution in [0.2, 0.25) is 0 Å². The maximum Gasteiger partial charge on any atom is 0.244 e. The molecule has 0 spiro atoms. The summed E-state index contributed by atoms with van der Waals surface area (Å²) in [4.78, 5) is 30.2. The Hall–Kier alpha value is -1.56. The van der Waals surface area contributed by atoms with E-state index < -0.39 is 0 Å². The lowest BCUT2D eigenvalue weighted by atomic mass is 10.2. The van der Waals surface area contributed by atoms with Gasteiger partial charge in [-0.1, -0.05) is 19.4 Å². The molecular weight excluding hydrogens is 286 g/mol. The lowest BCUT2D eigenvalue weighted by Crippen LogP contribution is -2.47. The normalized spacial score (nSPS) is 17.8. The maximum absolute atomic E-state index is 12.3. The summed E-state index contributed by atoms with van der Waals surface area (Å²) in [5.74, 6) is 1.28. The van der Waals surface area contributed by atoms with Crippen molar-refractivity contribution < 1.29 is 9.59 Å². The van der Waals surface area contributed by atoms with Gasteiger partial charge in [-0.2, -0.15) is 0 Å². The summed E-state index contributed by atoms with van der Waals surface area (Å²) < 4.78 is 0. The number of aromatic nitrogens is 1. The topological polar surface area (TPSA) is 62.3 Å². The minimum absolute atomic E-state index is 0.0832. The van der Waals surface area contributed by atoms with E-state index in [9.17, 15) is 9.59 Å². The second-order valence-electron chi connectivity index (χ2n) is 5.02. The summed E-state index contributed by atoms with van der Waals surface area (Å²) in [6, 6.07) is 5.25. The monoisotopic (exact) mass is 307 g/mol. The fraction of sp³-hybridized carbons (Fsp3) is 0.533. The maximum atomic E-state index is 12.3. The summed E-state index contributed by atoms with van der Waals surface area (Å²) >= 11 is 1.63. The average molecular weight is 307 g/mol. The smallest absolute Gasteiger partial charge is 0.244 e. The van der Waals surface area contributed by atoms with Crippen LogP contribution in [0.3, 0.4) is 0 Å². The van der Waals surface area contributed by atoms with Crippen molar-refractivity contribution in [3.8, 4) is 0 Å². The van der Waals surface area contributed by atoms with Crippen molar-refractivity contribution >= 4 is 23.6 Å². The van der Waals surface area contributed by atoms with Crippen molar-refractivity contribution in [3.63, 3.8) is 0 Å². The number of hydrogen-bond donors (Lipinski definition) is 1. The number of hydrogen-bond acceptors (Lipinski definition) is 4. The van der Waals surface area contributed by atoms with Crippen molar-refractivity contribution in [3.05, 3.63) is 30.1 Å². The quantitative estimate of drug-likeness (QED) is 0.870. The van der Waals surface area contributed by atoms with Crippen LogP contribution < -0.4 is 5.32 Å². The van der Waals surface area contributed by atoms with Crippen molar-refractivity contribution in [1.82, 2.24) is 15.2 Å². The summed E-state index contributed by atoms with van der Waals surface area (Å²) in [5.41, 5.74) is 0.820. The van der Waals surface area contributed by atoms with Crippen molar-refractivity contribution in [2.75, 3.05) is 11.6 Å². The predicted octanol–water partition coefficient (Wildman–Crippen LogP) is 1.79. The Bertz CT molecular complexity index is 481. The second kappa shape index (κ2) is 8.02. The summed E-state index contributed by atoms with van der Waals surface area (Å²) in [7, 11) is 0. The first kappa shape index (κ1) is 15.8. The molecule has 1 aliphatic rings. The third-order valence-electron chi connectivity index (χ3n) is 3.42. The highest BCUT2D eigenvalue weighted by atomic mass is 32.2. The molecule has 1 aromatic heterocycles. The first-order chi connectivity index (χ1) is 10.2. The molecule has 0 bridgehead atoms. The molecule has 0 aromatic carbocycles. The number of carbonyl (C=O) groups excluding carboxylic acids is 2. The second-order valence-corrected chi connectivity index (χ2v) is 6.02. The largest absolute Gasteiger partial charge is 0.349 e. The van der Waals surface area contributed by atoms with Crippen LogP contribution in [0.1, 0.15) is 31.9 Å². The molecule has 5 nitrogen and oxygen atoms in total. The zero-order valence-electron chi connectivity index (χ0n) is 12.2. The highest BCUT2D eigenvalue weighted by molar-refractivity contribution is 7.99. The van der Waals surface area contributed by atoms with Crippen molar-refractivity contribution in [2.45, 2.75) is 38.8 Å². The van der Waals surface area contributed by atoms with E-state index in [-0.39, 0.29) is 17.9 Å². The molecule has 1 unspecified atom stereocenters. The molecule has 1 fully saturated rings. The molecular formula is C15H21N3O2S. The number of unbranched alkanes of at least 4 members (excludes halogenated alkanes) is 1. The Balaban J connectivity index is 1.87. The minimum Gasteiger partial charge on any atom is -0.349 e. The molecule has 1 N–H and O–H groups in total. The zero-order chi connectivity index (χ0) is 15.1. The number of thioether (sulfide) groups is 1. The molecule has 114 valence electrons. The van der Waals surface area contributed by atoms with Gasteiger partial charge in [0, 0.05) is 18.4 Å². The van der Waals surface area contributed by atoms with Crippen molar-refractivity contribution in [1.29, 1.82) is 0 Å². The Kier molecular flexibility index (Phi) is 6.04. The van der Waals surface area contributed by atoms with E-state index in [0.717, 1.165) is 18.5 Å². The standard InChI is InChI=1S/C15H21N3O2S/c1-2-3-7-14(19)18-11-21-10-13(18)15(20)17-9-12-6-4-5-8-16-12/h4-6,8,13H,2-3,7,9-11H2,1H3,(H,17,20). The summed E-state index contributed by atoms with van der Waals surface area (Å²) in [6.07, 6.45) is 4.10. The Morgan fingerprint density at radius 3 is 3.05 bits per heavy atom. The van der Waals surface area contributed by atoms with Gasteiger partial charge in [0.2, 0.25) is 11.8 Å². The molecule has 1 saturated heterocycles. The van der Waals surface area contributed by atoms with E-state index in [4.69, 9.17) is 0 Å². The number of nitrogens with zero attached hydrogens (tertiary/aromatic N) is 2. The van der Waals surface area contributed by atoms with Gasteiger partial charge < -0.3 is 10.2 Å². The molecule has 0 aliphatic carbocycles. The zero-order valence-corrected chi connectivity index (χ0v) is 13.1. The van der Waals surface area contributed by atoms with Crippen LogP contribution in [0, 0.1) is 0 Å². The summed E-state index contributed by atoms with van der Waals surface area (Å²) in [6.45, 7) is 2.46. The van der Waals surface area contributed by atoms with Crippen LogP contribution in [0.15, 0.2) is 24.4 Å². The third kappa shape index (κ3) is 4.46. The van der Waals surface area contributed by atoms with E-state index >= 15 is 0 Å². The molecule has 21 heavy (non-hydrogen) atoms. The van der Waals surface area contributed by atoms with Crippen LogP contribution in [0.4, 0.5) is 0 Å². The van der Waals surface area contributed by atoms with Crippen LogP contribution in [0.25, 0.3) is 0 Å². The molecule has 1 aromatic rings. The van der Waals surface area contributed by atoms with E-state index in [2.05, 4.69) is 17.2 Å². The lowest BCUT2D eigenvalue weighted by molar-refractivity contribution is -0.138. The molecule has 1 atom stereocenters. The minimum atomic E-state index is -0.344. The molecule has 6 heteroatoms. The van der Waals surface area contributed by atoms with Crippen molar-refractivity contribution in [2.24, 2.45) is 0 Å². The van der Waals surface area contributed by atoms with Gasteiger partial charge in [0.25, 0.3) is 0 Å². The third-order valence-corrected chi connectivity index (χ3v) is 4.43. The van der Waals surface area contributed by atoms with E-state index in [0.29, 0.717) is 24.6 Å². The van der Waals surface area contributed by atoms with Gasteiger partial charge in [0.1, 0.15) is 6.04 Å². The number of rotatable bonds is 6. The highest BCUT2D eigenvalue weighted by Crippen LogP contribution is 2.22. The van der Waals surface area contributed by atoms with Gasteiger partial charge in [-0.3, -0.25) is 14.6 Å². The number of amides is 2.